The highest BCUT2D eigenvalue weighted by atomic mass is 32.2. The van der Waals surface area contributed by atoms with Crippen molar-refractivity contribution in [3.63, 3.8) is 0 Å². The number of rotatable bonds is 60. The van der Waals surface area contributed by atoms with Crippen molar-refractivity contribution in [2.24, 2.45) is 29.2 Å². The van der Waals surface area contributed by atoms with Crippen molar-refractivity contribution in [2.45, 2.75) is 149 Å². The number of para-hydroxylation sites is 1. The topological polar surface area (TPSA) is 608 Å². The number of fused-ring (bicyclic) bond motifs is 1. The van der Waals surface area contributed by atoms with E-state index in [1.807, 2.05) is 13.8 Å². The van der Waals surface area contributed by atoms with Crippen molar-refractivity contribution in [3.05, 3.63) is 71.9 Å². The number of carboxylic acid groups (broad SMARTS) is 1. The third kappa shape index (κ3) is 42.6. The minimum absolute atomic E-state index is 0.00884. The number of benzene rings is 2. The minimum atomic E-state index is -4.56. The number of nitrogens with one attached hydrogen (secondary N) is 8. The lowest BCUT2D eigenvalue weighted by Gasteiger charge is -2.31. The average Bonchev–Trinajstić information content (AvgIpc) is 1.75. The molecular formula is C72H125N17O25S7. The van der Waals surface area contributed by atoms with Gasteiger partial charge in [0.05, 0.1) is 102 Å². The van der Waals surface area contributed by atoms with Crippen LogP contribution in [0, 0.1) is 17.8 Å². The van der Waals surface area contributed by atoms with Crippen LogP contribution in [0.5, 0.6) is 0 Å². The van der Waals surface area contributed by atoms with Crippen LogP contribution in [0.1, 0.15) is 105 Å². The second-order valence-corrected chi connectivity index (χ2v) is 45.6. The standard InChI is InChI=1S/C72H125N17O25S7/c1-50(2)29-58(76-53(7)91)36-86(118(11,107)108)46-69(96)80-60(31-54-21-15-14-16-22-54)37-87(119(12,109)110)43-67(94)78-57(26-27-72(99)100)35-85(117(10,105)106)45-70(97)81-61(32-55-33-75-64-25-18-17-24-63(55)64)38-88(120(13,111)112)42-66(93)77-56(23-19-20-28-73)34-84(116(9,103)104)44-68(95)79-59(30-51(3)4)39-89(121(113,114)49-52(5)6)47-71(98)82-62(48-90)40-83(41-65(74)92)115(8,101)102/h14-18,21-22,24-25,33,50-52,56-62,75,90H,19-20,23,26-32,34-49,73H2,1-13H3,(H2,74,92)(H,76,91)(H,77,93)(H,78,94)(H,79,95)(H,80,96)(H,81,97)(H,82,98)(H,99,100)/t56-,57-,58-,59-,60-,61-,62+/m0/s1. The first-order valence-electron chi connectivity index (χ1n) is 38.9. The van der Waals surface area contributed by atoms with Gasteiger partial charge in [0.25, 0.3) is 0 Å². The Hall–Kier alpha value is -7.50. The molecule has 14 N–H and O–H groups in total. The molecule has 690 valence electrons. The van der Waals surface area contributed by atoms with E-state index in [1.54, 1.807) is 88.5 Å². The van der Waals surface area contributed by atoms with Crippen LogP contribution < -0.4 is 48.7 Å². The van der Waals surface area contributed by atoms with Crippen LogP contribution in [-0.2, 0) is 126 Å². The number of aliphatic hydroxyl groups is 1. The number of sulfonamides is 7. The van der Waals surface area contributed by atoms with Crippen LogP contribution >= 0.6 is 0 Å². The number of hydrogen-bond donors (Lipinski definition) is 12. The van der Waals surface area contributed by atoms with Gasteiger partial charge in [0, 0.05) is 113 Å². The summed E-state index contributed by atoms with van der Waals surface area (Å²) in [5.41, 5.74) is 12.7. The zero-order valence-electron chi connectivity index (χ0n) is 70.9. The van der Waals surface area contributed by atoms with Crippen molar-refractivity contribution in [3.8, 4) is 0 Å². The number of aromatic nitrogens is 1. The normalized spacial score (nSPS) is 14.6. The molecule has 0 fully saturated rings. The second-order valence-electron chi connectivity index (χ2n) is 31.7. The Morgan fingerprint density at radius 3 is 1.14 bits per heavy atom. The Kier molecular flexibility index (Phi) is 43.8. The number of H-pyrrole nitrogens is 1. The molecule has 1 heterocycles. The summed E-state index contributed by atoms with van der Waals surface area (Å²) in [6, 6.07) is 6.80. The molecule has 49 heteroatoms. The lowest BCUT2D eigenvalue weighted by atomic mass is 10.0. The first-order valence-corrected chi connectivity index (χ1v) is 51.6. The number of hydrogen-bond acceptors (Lipinski definition) is 25. The van der Waals surface area contributed by atoms with Gasteiger partial charge in [0.15, 0.2) is 0 Å². The maximum absolute atomic E-state index is 14.6. The molecule has 121 heavy (non-hydrogen) atoms. The zero-order valence-corrected chi connectivity index (χ0v) is 76.6. The van der Waals surface area contributed by atoms with Crippen molar-refractivity contribution >= 4 is 134 Å². The fourth-order valence-corrected chi connectivity index (χ4v) is 19.8. The van der Waals surface area contributed by atoms with E-state index in [4.69, 9.17) is 11.5 Å². The van der Waals surface area contributed by atoms with Gasteiger partial charge in [-0.2, -0.15) is 30.1 Å². The smallest absolute Gasteiger partial charge is 0.303 e. The lowest BCUT2D eigenvalue weighted by molar-refractivity contribution is -0.137. The third-order valence-electron chi connectivity index (χ3n) is 18.5. The summed E-state index contributed by atoms with van der Waals surface area (Å²) < 4.78 is 194. The van der Waals surface area contributed by atoms with Gasteiger partial charge in [-0.3, -0.25) is 43.2 Å². The fraction of sp³-hybridized carbons (Fsp3) is 0.681. The SMILES string of the molecule is CC(=O)N[C@@H](CC(C)C)CN(CC(=O)N[C@@H](Cc1ccccc1)CN(CC(=O)N[C@@H](CCC(=O)O)CN(CC(=O)N[C@@H](Cc1c[nH]c2ccccc12)CN(CC(=O)N[C@@H](CCCCN)CN(CC(=O)N[C@@H](CC(C)C)CN(CC(=O)N[C@@H](CO)CN(CC(N)=O)S(C)(=O)=O)S(=O)(=O)CC(C)C)S(C)(=O)=O)S(C)(=O)=O)S(C)(=O)=O)S(C)(=O)=O)S(C)(=O)=O. The van der Waals surface area contributed by atoms with Gasteiger partial charge in [-0.05, 0) is 86.4 Å². The largest absolute Gasteiger partial charge is 0.481 e. The number of aromatic amines is 1. The van der Waals surface area contributed by atoms with Crippen molar-refractivity contribution < 1.29 is 112 Å². The number of carbonyl (C=O) groups excluding carboxylic acids is 8. The Bertz CT molecular complexity index is 4800. The molecule has 0 radical (unpaired) electrons. The molecule has 0 unspecified atom stereocenters. The molecule has 0 saturated carbocycles. The molecule has 0 aliphatic rings. The summed E-state index contributed by atoms with van der Waals surface area (Å²) in [5.74, 6) is -10.3. The van der Waals surface area contributed by atoms with Crippen LogP contribution in [0.15, 0.2) is 60.8 Å². The van der Waals surface area contributed by atoms with Gasteiger partial charge in [0.2, 0.25) is 117 Å². The molecule has 0 saturated heterocycles. The summed E-state index contributed by atoms with van der Waals surface area (Å²) in [4.78, 5) is 124. The molecule has 1 aromatic heterocycles. The zero-order chi connectivity index (χ0) is 91.9. The van der Waals surface area contributed by atoms with E-state index in [-0.39, 0.29) is 57.0 Å². The summed E-state index contributed by atoms with van der Waals surface area (Å²) in [6.45, 7) is 0.00642. The molecule has 7 atom stereocenters. The highest BCUT2D eigenvalue weighted by Gasteiger charge is 2.37. The predicted octanol–water partition coefficient (Wildman–Crippen LogP) is -4.21. The number of aliphatic carboxylic acids is 1. The van der Waals surface area contributed by atoms with Crippen LogP contribution in [0.4, 0.5) is 0 Å². The van der Waals surface area contributed by atoms with E-state index in [0.29, 0.717) is 62.7 Å². The first kappa shape index (κ1) is 108. The van der Waals surface area contributed by atoms with Crippen LogP contribution in [-0.4, -0.2) is 348 Å². The number of carbonyl (C=O) groups is 9. The summed E-state index contributed by atoms with van der Waals surface area (Å²) >= 11 is 0. The number of unbranched alkanes of at least 4 members (excludes halogenated alkanes) is 1. The lowest BCUT2D eigenvalue weighted by Crippen LogP contribution is -2.55. The molecule has 3 rings (SSSR count). The van der Waals surface area contributed by atoms with E-state index >= 15 is 0 Å². The summed E-state index contributed by atoms with van der Waals surface area (Å²) in [5, 5.41) is 38.8. The molecule has 0 aliphatic carbocycles. The monoisotopic (exact) mass is 1850 g/mol. The summed E-state index contributed by atoms with van der Waals surface area (Å²) in [7, 11) is -30.5. The van der Waals surface area contributed by atoms with Gasteiger partial charge >= 0.3 is 5.97 Å². The number of carboxylic acids is 1. The minimum Gasteiger partial charge on any atom is -0.481 e. The Balaban J connectivity index is 2.01. The highest BCUT2D eigenvalue weighted by Crippen LogP contribution is 2.22. The van der Waals surface area contributed by atoms with E-state index in [2.05, 4.69) is 42.2 Å². The van der Waals surface area contributed by atoms with E-state index in [1.165, 1.54) is 6.92 Å². The Morgan fingerprint density at radius 2 is 0.752 bits per heavy atom. The maximum Gasteiger partial charge on any atom is 0.303 e. The van der Waals surface area contributed by atoms with Gasteiger partial charge in [0.1, 0.15) is 0 Å². The molecule has 0 spiro atoms. The molecule has 0 bridgehead atoms. The first-order chi connectivity index (χ1) is 55.8. The second kappa shape index (κ2) is 49.3. The van der Waals surface area contributed by atoms with Gasteiger partial charge in [-0.15, -0.1) is 0 Å². The van der Waals surface area contributed by atoms with Crippen molar-refractivity contribution in [1.29, 1.82) is 0 Å². The van der Waals surface area contributed by atoms with Gasteiger partial charge in [-0.1, -0.05) is 96.5 Å². The van der Waals surface area contributed by atoms with Crippen LogP contribution in [0.25, 0.3) is 10.9 Å². The Labute approximate surface area is 712 Å². The van der Waals surface area contributed by atoms with Gasteiger partial charge in [-0.25, -0.2) is 58.9 Å². The summed E-state index contributed by atoms with van der Waals surface area (Å²) in [6.07, 6.45) is 5.59. The molecule has 2 aromatic carbocycles. The molecule has 3 aromatic rings. The van der Waals surface area contributed by atoms with E-state index in [9.17, 15) is 112 Å². The van der Waals surface area contributed by atoms with Crippen LogP contribution in [0.3, 0.4) is 0 Å². The maximum atomic E-state index is 14.6. The number of primary amides is 1. The van der Waals surface area contributed by atoms with Crippen molar-refractivity contribution in [1.82, 2.24) is 72.3 Å². The molecule has 0 aliphatic heterocycles. The predicted molar refractivity (Wildman–Crippen MR) is 455 cm³/mol. The molecular weight excluding hydrogens is 1730 g/mol. The average molecular weight is 1850 g/mol. The third-order valence-corrected chi connectivity index (χ3v) is 27.9. The van der Waals surface area contributed by atoms with Crippen molar-refractivity contribution in [2.75, 3.05) is 148 Å². The molecule has 8 amide bonds. The number of nitrogens with two attached hydrogens (primary N) is 2. The highest BCUT2D eigenvalue weighted by molar-refractivity contribution is 7.90. The van der Waals surface area contributed by atoms with Crippen LogP contribution in [0.2, 0.25) is 0 Å². The number of aliphatic hydroxyl groups excluding tert-OH is 1. The van der Waals surface area contributed by atoms with E-state index in [0.717, 1.165) is 39.9 Å². The molecule has 42 nitrogen and oxygen atoms in total. The fourth-order valence-electron chi connectivity index (χ4n) is 13.2. The quantitative estimate of drug-likeness (QED) is 0.0238. The number of amides is 8. The van der Waals surface area contributed by atoms with E-state index < -0.39 is 282 Å². The number of nitrogens with zero attached hydrogens (tertiary/aromatic N) is 7. The van der Waals surface area contributed by atoms with Gasteiger partial charge < -0.3 is 63.9 Å². The Morgan fingerprint density at radius 1 is 0.413 bits per heavy atom.